The minimum atomic E-state index is -3.49. The lowest BCUT2D eigenvalue weighted by atomic mass is 10.00. The number of anilines is 1. The zero-order valence-electron chi connectivity index (χ0n) is 20.1. The van der Waals surface area contributed by atoms with Gasteiger partial charge in [0.05, 0.1) is 24.5 Å². The van der Waals surface area contributed by atoms with Crippen LogP contribution in [0.15, 0.2) is 60.7 Å². The Kier molecular flexibility index (Phi) is 7.28. The Morgan fingerprint density at radius 2 is 1.52 bits per heavy atom. The van der Waals surface area contributed by atoms with E-state index in [0.717, 1.165) is 27.8 Å². The predicted octanol–water partition coefficient (Wildman–Crippen LogP) is 5.38. The molecule has 1 atom stereocenters. The fourth-order valence-electron chi connectivity index (χ4n) is 4.16. The van der Waals surface area contributed by atoms with Crippen molar-refractivity contribution in [1.82, 2.24) is 5.32 Å². The van der Waals surface area contributed by atoms with Crippen molar-refractivity contribution in [2.45, 2.75) is 47.2 Å². The first kappa shape index (κ1) is 24.5. The molecule has 6 heteroatoms. The Morgan fingerprint density at radius 1 is 0.909 bits per heavy atom. The lowest BCUT2D eigenvalue weighted by Crippen LogP contribution is -2.30. The molecular formula is C27H32N2O3S. The zero-order chi connectivity index (χ0) is 24.3. The fourth-order valence-corrected chi connectivity index (χ4v) is 5.16. The summed E-state index contributed by atoms with van der Waals surface area (Å²) >= 11 is 0. The number of hydrogen-bond donors (Lipinski definition) is 1. The third-order valence-electron chi connectivity index (χ3n) is 5.87. The van der Waals surface area contributed by atoms with Crippen molar-refractivity contribution in [3.63, 3.8) is 0 Å². The minimum absolute atomic E-state index is 0.123. The lowest BCUT2D eigenvalue weighted by molar-refractivity contribution is 0.0940. The van der Waals surface area contributed by atoms with Crippen LogP contribution in [-0.4, -0.2) is 20.6 Å². The van der Waals surface area contributed by atoms with Gasteiger partial charge in [-0.1, -0.05) is 54.1 Å². The second-order valence-electron chi connectivity index (χ2n) is 8.76. The number of benzene rings is 3. The summed E-state index contributed by atoms with van der Waals surface area (Å²) < 4.78 is 26.6. The molecule has 33 heavy (non-hydrogen) atoms. The molecule has 0 saturated carbocycles. The Hall–Kier alpha value is -3.12. The molecule has 3 aromatic rings. The first-order valence-corrected chi connectivity index (χ1v) is 12.8. The van der Waals surface area contributed by atoms with Crippen LogP contribution in [0.1, 0.15) is 56.7 Å². The van der Waals surface area contributed by atoms with Crippen LogP contribution < -0.4 is 9.62 Å². The topological polar surface area (TPSA) is 66.5 Å². The number of hydrogen-bond acceptors (Lipinski definition) is 3. The van der Waals surface area contributed by atoms with Crippen LogP contribution >= 0.6 is 0 Å². The van der Waals surface area contributed by atoms with Crippen molar-refractivity contribution in [3.8, 4) is 0 Å². The number of sulfonamides is 1. The van der Waals surface area contributed by atoms with Crippen molar-refractivity contribution in [1.29, 1.82) is 0 Å². The molecule has 0 aliphatic carbocycles. The molecule has 5 nitrogen and oxygen atoms in total. The van der Waals surface area contributed by atoms with E-state index in [9.17, 15) is 13.2 Å². The van der Waals surface area contributed by atoms with Crippen LogP contribution in [0.2, 0.25) is 0 Å². The third kappa shape index (κ3) is 5.82. The molecule has 0 aliphatic heterocycles. The number of aryl methyl sites for hydroxylation is 4. The summed E-state index contributed by atoms with van der Waals surface area (Å²) in [6.45, 7) is 10.1. The highest BCUT2D eigenvalue weighted by atomic mass is 32.2. The zero-order valence-corrected chi connectivity index (χ0v) is 21.0. The molecule has 0 aliphatic rings. The summed E-state index contributed by atoms with van der Waals surface area (Å²) in [7, 11) is -3.49. The maximum Gasteiger partial charge on any atom is 0.251 e. The number of carbonyl (C=O) groups is 1. The molecule has 0 fully saturated rings. The number of amides is 1. The Bertz CT molecular complexity index is 1240. The molecule has 0 aromatic heterocycles. The van der Waals surface area contributed by atoms with Crippen LogP contribution in [0.3, 0.4) is 0 Å². The SMILES string of the molecule is Cc1ccc(C(C)NC(=O)c2ccc(CN(c3c(C)cccc3C)S(C)(=O)=O)cc2)c(C)c1. The summed E-state index contributed by atoms with van der Waals surface area (Å²) in [5.41, 5.74) is 7.26. The number of carbonyl (C=O) groups excluding carboxylic acids is 1. The van der Waals surface area contributed by atoms with Gasteiger partial charge in [-0.05, 0) is 74.6 Å². The van der Waals surface area contributed by atoms with Crippen LogP contribution in [0, 0.1) is 27.7 Å². The van der Waals surface area contributed by atoms with Gasteiger partial charge in [-0.25, -0.2) is 8.42 Å². The summed E-state index contributed by atoms with van der Waals surface area (Å²) in [6.07, 6.45) is 1.22. The first-order valence-electron chi connectivity index (χ1n) is 11.0. The molecule has 0 saturated heterocycles. The quantitative estimate of drug-likeness (QED) is 0.511. The summed E-state index contributed by atoms with van der Waals surface area (Å²) in [5, 5.41) is 3.05. The van der Waals surface area contributed by atoms with Gasteiger partial charge in [0.2, 0.25) is 10.0 Å². The van der Waals surface area contributed by atoms with Gasteiger partial charge in [-0.15, -0.1) is 0 Å². The second kappa shape index (κ2) is 9.79. The van der Waals surface area contributed by atoms with Crippen LogP contribution in [0.25, 0.3) is 0 Å². The van der Waals surface area contributed by atoms with Gasteiger partial charge >= 0.3 is 0 Å². The van der Waals surface area contributed by atoms with Crippen molar-refractivity contribution >= 4 is 21.6 Å². The highest BCUT2D eigenvalue weighted by Gasteiger charge is 2.21. The van der Waals surface area contributed by atoms with E-state index >= 15 is 0 Å². The van der Waals surface area contributed by atoms with E-state index in [1.165, 1.54) is 16.1 Å². The van der Waals surface area contributed by atoms with E-state index in [-0.39, 0.29) is 18.5 Å². The van der Waals surface area contributed by atoms with E-state index in [0.29, 0.717) is 11.3 Å². The van der Waals surface area contributed by atoms with Gasteiger partial charge in [-0.3, -0.25) is 9.10 Å². The van der Waals surface area contributed by atoms with E-state index in [2.05, 4.69) is 11.4 Å². The van der Waals surface area contributed by atoms with Gasteiger partial charge in [0, 0.05) is 5.56 Å². The average molecular weight is 465 g/mol. The van der Waals surface area contributed by atoms with Crippen molar-refractivity contribution < 1.29 is 13.2 Å². The van der Waals surface area contributed by atoms with Crippen molar-refractivity contribution in [2.75, 3.05) is 10.6 Å². The van der Waals surface area contributed by atoms with E-state index < -0.39 is 10.0 Å². The monoisotopic (exact) mass is 464 g/mol. The van der Waals surface area contributed by atoms with Crippen molar-refractivity contribution in [2.24, 2.45) is 0 Å². The molecule has 0 bridgehead atoms. The second-order valence-corrected chi connectivity index (χ2v) is 10.7. The molecule has 1 N–H and O–H groups in total. The van der Waals surface area contributed by atoms with Crippen LogP contribution in [-0.2, 0) is 16.6 Å². The summed E-state index contributed by atoms with van der Waals surface area (Å²) in [4.78, 5) is 12.8. The van der Waals surface area contributed by atoms with Gasteiger partial charge < -0.3 is 5.32 Å². The van der Waals surface area contributed by atoms with Crippen LogP contribution in [0.5, 0.6) is 0 Å². The Morgan fingerprint density at radius 3 is 2.06 bits per heavy atom. The number of para-hydroxylation sites is 1. The van der Waals surface area contributed by atoms with Gasteiger partial charge in [0.25, 0.3) is 5.91 Å². The minimum Gasteiger partial charge on any atom is -0.346 e. The van der Waals surface area contributed by atoms with Gasteiger partial charge in [-0.2, -0.15) is 0 Å². The van der Waals surface area contributed by atoms with Crippen molar-refractivity contribution in [3.05, 3.63) is 99.6 Å². The summed E-state index contributed by atoms with van der Waals surface area (Å²) in [6, 6.07) is 18.9. The molecule has 1 unspecified atom stereocenters. The molecular weight excluding hydrogens is 432 g/mol. The maximum atomic E-state index is 12.8. The Balaban J connectivity index is 1.78. The molecule has 3 rings (SSSR count). The molecule has 0 heterocycles. The first-order chi connectivity index (χ1) is 15.5. The Labute approximate surface area is 197 Å². The molecule has 1 amide bonds. The molecule has 0 radical (unpaired) electrons. The highest BCUT2D eigenvalue weighted by Crippen LogP contribution is 2.28. The normalized spacial score (nSPS) is 12.3. The number of nitrogens with zero attached hydrogens (tertiary/aromatic N) is 1. The molecule has 3 aromatic carbocycles. The van der Waals surface area contributed by atoms with E-state index in [1.54, 1.807) is 12.1 Å². The van der Waals surface area contributed by atoms with E-state index in [1.807, 2.05) is 77.1 Å². The molecule has 174 valence electrons. The lowest BCUT2D eigenvalue weighted by Gasteiger charge is -2.26. The highest BCUT2D eigenvalue weighted by molar-refractivity contribution is 7.92. The number of nitrogens with one attached hydrogen (secondary N) is 1. The standard InChI is InChI=1S/C27H32N2O3S/c1-18-10-15-25(21(4)16-18)22(5)28-27(30)24-13-11-23(12-14-24)17-29(33(6,31)32)26-19(2)8-7-9-20(26)3/h7-16,22H,17H2,1-6H3,(H,28,30). The largest absolute Gasteiger partial charge is 0.346 e. The smallest absolute Gasteiger partial charge is 0.251 e. The van der Waals surface area contributed by atoms with Gasteiger partial charge in [0.1, 0.15) is 0 Å². The predicted molar refractivity (Wildman–Crippen MR) is 135 cm³/mol. The number of rotatable bonds is 7. The van der Waals surface area contributed by atoms with Gasteiger partial charge in [0.15, 0.2) is 0 Å². The van der Waals surface area contributed by atoms with Crippen LogP contribution in [0.4, 0.5) is 5.69 Å². The third-order valence-corrected chi connectivity index (χ3v) is 6.98. The molecule has 0 spiro atoms. The van der Waals surface area contributed by atoms with E-state index in [4.69, 9.17) is 0 Å². The fraction of sp³-hybridized carbons (Fsp3) is 0.296. The maximum absolute atomic E-state index is 12.8. The summed E-state index contributed by atoms with van der Waals surface area (Å²) in [5.74, 6) is -0.163. The average Bonchev–Trinajstić information content (AvgIpc) is 2.72.